The number of amides is 2. The number of hydrogen-bond donors (Lipinski definition) is 2. The molecule has 0 saturated carbocycles. The van der Waals surface area contributed by atoms with Crippen LogP contribution in [0.2, 0.25) is 0 Å². The number of fused-ring (bicyclic) bond motifs is 1. The number of anilines is 1. The van der Waals surface area contributed by atoms with E-state index in [9.17, 15) is 14.4 Å². The van der Waals surface area contributed by atoms with Crippen LogP contribution in [0.25, 0.3) is 0 Å². The van der Waals surface area contributed by atoms with E-state index in [2.05, 4.69) is 10.6 Å². The van der Waals surface area contributed by atoms with E-state index < -0.39 is 0 Å². The maximum atomic E-state index is 12.2. The average Bonchev–Trinajstić information content (AvgIpc) is 2.94. The smallest absolute Gasteiger partial charge is 0.228 e. The Bertz CT molecular complexity index is 815. The van der Waals surface area contributed by atoms with Crippen molar-refractivity contribution in [3.8, 4) is 0 Å². The minimum absolute atomic E-state index is 0.00800. The van der Waals surface area contributed by atoms with E-state index in [1.807, 2.05) is 43.3 Å². The molecule has 0 bridgehead atoms. The first-order valence-corrected chi connectivity index (χ1v) is 8.30. The lowest BCUT2D eigenvalue weighted by molar-refractivity contribution is -0.121. The summed E-state index contributed by atoms with van der Waals surface area (Å²) in [5.74, 6) is -0.157. The number of carbonyl (C=O) groups is 3. The van der Waals surface area contributed by atoms with Crippen molar-refractivity contribution < 1.29 is 14.4 Å². The molecule has 2 N–H and O–H groups in total. The molecule has 1 unspecified atom stereocenters. The molecule has 0 saturated heterocycles. The third-order valence-corrected chi connectivity index (χ3v) is 4.16. The molecule has 0 spiro atoms. The van der Waals surface area contributed by atoms with Crippen LogP contribution in [0.15, 0.2) is 48.5 Å². The summed E-state index contributed by atoms with van der Waals surface area (Å²) in [5, 5.41) is 5.64. The largest absolute Gasteiger partial charge is 0.353 e. The van der Waals surface area contributed by atoms with E-state index in [1.54, 1.807) is 12.1 Å². The molecule has 1 aliphatic heterocycles. The van der Waals surface area contributed by atoms with Gasteiger partial charge in [-0.1, -0.05) is 42.5 Å². The quantitative estimate of drug-likeness (QED) is 0.796. The van der Waals surface area contributed by atoms with Crippen LogP contribution in [0.4, 0.5) is 5.69 Å². The topological polar surface area (TPSA) is 75.3 Å². The Morgan fingerprint density at radius 2 is 1.92 bits per heavy atom. The zero-order chi connectivity index (χ0) is 17.8. The summed E-state index contributed by atoms with van der Waals surface area (Å²) in [7, 11) is 0. The van der Waals surface area contributed by atoms with Crippen molar-refractivity contribution >= 4 is 23.3 Å². The van der Waals surface area contributed by atoms with Crippen molar-refractivity contribution in [1.29, 1.82) is 0 Å². The first-order valence-electron chi connectivity index (χ1n) is 8.30. The summed E-state index contributed by atoms with van der Waals surface area (Å²) >= 11 is 0. The molecule has 0 fully saturated rings. The van der Waals surface area contributed by atoms with Gasteiger partial charge in [0.15, 0.2) is 5.78 Å². The Balaban J connectivity index is 1.53. The molecule has 3 rings (SSSR count). The molecular weight excluding hydrogens is 316 g/mol. The van der Waals surface area contributed by atoms with Gasteiger partial charge in [-0.3, -0.25) is 14.4 Å². The molecular formula is C20H20N2O3. The van der Waals surface area contributed by atoms with Crippen LogP contribution >= 0.6 is 0 Å². The summed E-state index contributed by atoms with van der Waals surface area (Å²) < 4.78 is 0. The van der Waals surface area contributed by atoms with Crippen LogP contribution < -0.4 is 10.6 Å². The molecule has 1 heterocycles. The van der Waals surface area contributed by atoms with Gasteiger partial charge in [0.1, 0.15) is 0 Å². The molecule has 1 aliphatic rings. The molecule has 5 heteroatoms. The summed E-state index contributed by atoms with van der Waals surface area (Å²) in [4.78, 5) is 35.7. The van der Waals surface area contributed by atoms with Gasteiger partial charge in [0, 0.05) is 23.7 Å². The number of hydrogen-bond acceptors (Lipinski definition) is 3. The summed E-state index contributed by atoms with van der Waals surface area (Å²) in [5.41, 5.74) is 3.22. The van der Waals surface area contributed by atoms with Crippen molar-refractivity contribution in [2.75, 3.05) is 5.32 Å². The first kappa shape index (κ1) is 16.9. The predicted octanol–water partition coefficient (Wildman–Crippen LogP) is 2.50. The molecule has 2 aromatic rings. The van der Waals surface area contributed by atoms with E-state index in [4.69, 9.17) is 0 Å². The monoisotopic (exact) mass is 336 g/mol. The van der Waals surface area contributed by atoms with Gasteiger partial charge in [-0.2, -0.15) is 0 Å². The minimum Gasteiger partial charge on any atom is -0.353 e. The van der Waals surface area contributed by atoms with Crippen molar-refractivity contribution in [2.24, 2.45) is 0 Å². The molecule has 0 aromatic heterocycles. The number of ketones is 1. The van der Waals surface area contributed by atoms with E-state index in [0.29, 0.717) is 12.0 Å². The number of rotatable bonds is 6. The van der Waals surface area contributed by atoms with E-state index in [1.165, 1.54) is 0 Å². The van der Waals surface area contributed by atoms with Crippen LogP contribution in [0.5, 0.6) is 0 Å². The molecule has 25 heavy (non-hydrogen) atoms. The normalized spacial score (nSPS) is 13.7. The summed E-state index contributed by atoms with van der Waals surface area (Å²) in [6, 6.07) is 14.4. The second-order valence-electron chi connectivity index (χ2n) is 6.36. The van der Waals surface area contributed by atoms with E-state index in [0.717, 1.165) is 16.8 Å². The van der Waals surface area contributed by atoms with Gasteiger partial charge in [0.25, 0.3) is 0 Å². The highest BCUT2D eigenvalue weighted by atomic mass is 16.2. The van der Waals surface area contributed by atoms with Gasteiger partial charge in [-0.25, -0.2) is 0 Å². The van der Waals surface area contributed by atoms with E-state index in [-0.39, 0.29) is 36.5 Å². The van der Waals surface area contributed by atoms with Gasteiger partial charge in [0.05, 0.1) is 12.8 Å². The lowest BCUT2D eigenvalue weighted by Crippen LogP contribution is -2.35. The zero-order valence-electron chi connectivity index (χ0n) is 14.0. The molecule has 5 nitrogen and oxygen atoms in total. The summed E-state index contributed by atoms with van der Waals surface area (Å²) in [6.45, 7) is 1.82. The van der Waals surface area contributed by atoms with Gasteiger partial charge in [-0.05, 0) is 24.1 Å². The highest BCUT2D eigenvalue weighted by molar-refractivity contribution is 5.99. The predicted molar refractivity (Wildman–Crippen MR) is 95.5 cm³/mol. The maximum absolute atomic E-state index is 12.2. The fraction of sp³-hybridized carbons (Fsp3) is 0.250. The second-order valence-corrected chi connectivity index (χ2v) is 6.36. The Kier molecular flexibility index (Phi) is 4.93. The number of carbonyl (C=O) groups excluding carboxylic acids is 3. The average molecular weight is 336 g/mol. The second kappa shape index (κ2) is 7.30. The third kappa shape index (κ3) is 4.32. The van der Waals surface area contributed by atoms with Gasteiger partial charge < -0.3 is 10.6 Å². The lowest BCUT2D eigenvalue weighted by Gasteiger charge is -2.13. The molecule has 2 aromatic carbocycles. The van der Waals surface area contributed by atoms with Crippen molar-refractivity contribution in [1.82, 2.24) is 5.32 Å². The molecule has 0 aliphatic carbocycles. The highest BCUT2D eigenvalue weighted by Crippen LogP contribution is 2.24. The maximum Gasteiger partial charge on any atom is 0.228 e. The Morgan fingerprint density at radius 1 is 1.16 bits per heavy atom. The zero-order valence-corrected chi connectivity index (χ0v) is 14.0. The standard InChI is InChI=1S/C20H20N2O3/c1-13(9-18(23)15-5-3-2-4-6-15)21-19(24)11-14-7-8-16-12-20(25)22-17(16)10-14/h2-8,10,13H,9,11-12H2,1H3,(H,21,24)(H,22,25). The number of benzene rings is 2. The van der Waals surface area contributed by atoms with Crippen LogP contribution in [0.1, 0.15) is 34.8 Å². The van der Waals surface area contributed by atoms with Crippen molar-refractivity contribution in [2.45, 2.75) is 32.2 Å². The molecule has 2 amide bonds. The van der Waals surface area contributed by atoms with Gasteiger partial charge in [0.2, 0.25) is 11.8 Å². The number of Topliss-reactive ketones (excluding diaryl/α,β-unsaturated/α-hetero) is 1. The summed E-state index contributed by atoms with van der Waals surface area (Å²) in [6.07, 6.45) is 0.865. The third-order valence-electron chi connectivity index (χ3n) is 4.16. The Hall–Kier alpha value is -2.95. The molecule has 1 atom stereocenters. The van der Waals surface area contributed by atoms with Crippen LogP contribution in [0, 0.1) is 0 Å². The van der Waals surface area contributed by atoms with Gasteiger partial charge >= 0.3 is 0 Å². The fourth-order valence-electron chi connectivity index (χ4n) is 2.95. The van der Waals surface area contributed by atoms with Crippen LogP contribution in [-0.2, 0) is 22.4 Å². The fourth-order valence-corrected chi connectivity index (χ4v) is 2.95. The Morgan fingerprint density at radius 3 is 2.68 bits per heavy atom. The van der Waals surface area contributed by atoms with Crippen LogP contribution in [0.3, 0.4) is 0 Å². The van der Waals surface area contributed by atoms with E-state index >= 15 is 0 Å². The first-order chi connectivity index (χ1) is 12.0. The van der Waals surface area contributed by atoms with Crippen molar-refractivity contribution in [3.05, 3.63) is 65.2 Å². The lowest BCUT2D eigenvalue weighted by atomic mass is 10.0. The molecule has 0 radical (unpaired) electrons. The Labute approximate surface area is 146 Å². The minimum atomic E-state index is -0.241. The van der Waals surface area contributed by atoms with Crippen molar-refractivity contribution in [3.63, 3.8) is 0 Å². The highest BCUT2D eigenvalue weighted by Gasteiger charge is 2.18. The molecule has 128 valence electrons. The SMILES string of the molecule is CC(CC(=O)c1ccccc1)NC(=O)Cc1ccc2c(c1)NC(=O)C2. The van der Waals surface area contributed by atoms with Crippen LogP contribution in [-0.4, -0.2) is 23.6 Å². The number of nitrogens with one attached hydrogen (secondary N) is 2. The van der Waals surface area contributed by atoms with Gasteiger partial charge in [-0.15, -0.1) is 0 Å².